The lowest BCUT2D eigenvalue weighted by Crippen LogP contribution is -2.06. The summed E-state index contributed by atoms with van der Waals surface area (Å²) in [7, 11) is 0. The second-order valence-electron chi connectivity index (χ2n) is 5.25. The van der Waals surface area contributed by atoms with Gasteiger partial charge >= 0.3 is 5.63 Å². The lowest BCUT2D eigenvalue weighted by molar-refractivity contribution is 0.343. The number of unbranched alkanes of at least 4 members (excludes halogenated alkanes) is 3. The van der Waals surface area contributed by atoms with Gasteiger partial charge in [0.15, 0.2) is 11.6 Å². The fourth-order valence-electron chi connectivity index (χ4n) is 2.38. The molecule has 2 rings (SSSR count). The zero-order chi connectivity index (χ0) is 15.9. The monoisotopic (exact) mass is 304 g/mol. The molecule has 0 atom stereocenters. The summed E-state index contributed by atoms with van der Waals surface area (Å²) < 4.78 is 24.8. The van der Waals surface area contributed by atoms with Crippen molar-refractivity contribution in [1.82, 2.24) is 0 Å². The van der Waals surface area contributed by atoms with E-state index in [0.29, 0.717) is 17.6 Å². The molecule has 0 aliphatic heterocycles. The molecule has 0 bridgehead atoms. The first-order valence-corrected chi connectivity index (χ1v) is 7.66. The minimum absolute atomic E-state index is 0.0374. The summed E-state index contributed by atoms with van der Waals surface area (Å²) in [6.07, 6.45) is 6.59. The SMILES string of the molecule is C=CCOc1ccc2cc(CCCCCC)oc(=O)c2c1F. The Morgan fingerprint density at radius 1 is 1.32 bits per heavy atom. The first-order valence-electron chi connectivity index (χ1n) is 7.66. The topological polar surface area (TPSA) is 39.4 Å². The smallest absolute Gasteiger partial charge is 0.346 e. The highest BCUT2D eigenvalue weighted by molar-refractivity contribution is 5.83. The minimum Gasteiger partial charge on any atom is -0.486 e. The predicted molar refractivity (Wildman–Crippen MR) is 86.0 cm³/mol. The van der Waals surface area contributed by atoms with E-state index in [1.165, 1.54) is 12.1 Å². The van der Waals surface area contributed by atoms with Gasteiger partial charge in [-0.1, -0.05) is 44.9 Å². The van der Waals surface area contributed by atoms with Crippen LogP contribution in [0.1, 0.15) is 38.4 Å². The highest BCUT2D eigenvalue weighted by Crippen LogP contribution is 2.25. The Morgan fingerprint density at radius 3 is 2.86 bits per heavy atom. The normalized spacial score (nSPS) is 10.8. The largest absolute Gasteiger partial charge is 0.486 e. The van der Waals surface area contributed by atoms with Gasteiger partial charge in [-0.05, 0) is 23.9 Å². The van der Waals surface area contributed by atoms with Gasteiger partial charge < -0.3 is 9.15 Å². The Kier molecular flexibility index (Phi) is 5.75. The molecular formula is C18H21FO3. The van der Waals surface area contributed by atoms with Crippen LogP contribution in [0.5, 0.6) is 5.75 Å². The third-order valence-electron chi connectivity index (χ3n) is 3.52. The van der Waals surface area contributed by atoms with E-state index in [-0.39, 0.29) is 17.7 Å². The number of hydrogen-bond acceptors (Lipinski definition) is 3. The van der Waals surface area contributed by atoms with Crippen LogP contribution in [-0.2, 0) is 6.42 Å². The molecule has 3 nitrogen and oxygen atoms in total. The van der Waals surface area contributed by atoms with Crippen LogP contribution in [0, 0.1) is 5.82 Å². The maximum absolute atomic E-state index is 14.3. The summed E-state index contributed by atoms with van der Waals surface area (Å²) in [5.74, 6) is -0.0335. The zero-order valence-corrected chi connectivity index (χ0v) is 12.9. The standard InChI is InChI=1S/C18H21FO3/c1-3-5-6-7-8-14-12-13-9-10-15(21-11-4-2)17(19)16(13)18(20)22-14/h4,9-10,12H,2-3,5-8,11H2,1H3. The summed E-state index contributed by atoms with van der Waals surface area (Å²) >= 11 is 0. The zero-order valence-electron chi connectivity index (χ0n) is 12.9. The van der Waals surface area contributed by atoms with E-state index in [1.807, 2.05) is 0 Å². The maximum Gasteiger partial charge on any atom is 0.346 e. The van der Waals surface area contributed by atoms with E-state index < -0.39 is 11.4 Å². The second kappa shape index (κ2) is 7.78. The molecule has 0 fully saturated rings. The summed E-state index contributed by atoms with van der Waals surface area (Å²) in [5, 5.41) is 0.490. The van der Waals surface area contributed by atoms with Gasteiger partial charge in [0, 0.05) is 6.42 Å². The van der Waals surface area contributed by atoms with Crippen LogP contribution >= 0.6 is 0 Å². The van der Waals surface area contributed by atoms with Crippen molar-refractivity contribution in [2.75, 3.05) is 6.61 Å². The van der Waals surface area contributed by atoms with Crippen molar-refractivity contribution in [2.45, 2.75) is 39.0 Å². The quantitative estimate of drug-likeness (QED) is 0.527. The lowest BCUT2D eigenvalue weighted by Gasteiger charge is -2.07. The molecule has 0 unspecified atom stereocenters. The number of ether oxygens (including phenoxy) is 1. The van der Waals surface area contributed by atoms with Crippen molar-refractivity contribution in [1.29, 1.82) is 0 Å². The number of aryl methyl sites for hydroxylation is 1. The van der Waals surface area contributed by atoms with E-state index in [0.717, 1.165) is 25.7 Å². The van der Waals surface area contributed by atoms with Gasteiger partial charge in [-0.3, -0.25) is 0 Å². The summed E-state index contributed by atoms with van der Waals surface area (Å²) in [6.45, 7) is 5.84. The van der Waals surface area contributed by atoms with Gasteiger partial charge in [-0.2, -0.15) is 0 Å². The first kappa shape index (κ1) is 16.3. The number of halogens is 1. The average Bonchev–Trinajstić information content (AvgIpc) is 2.50. The Morgan fingerprint density at radius 2 is 2.14 bits per heavy atom. The van der Waals surface area contributed by atoms with Crippen molar-refractivity contribution >= 4 is 10.8 Å². The number of benzene rings is 1. The Balaban J connectivity index is 2.28. The molecule has 1 aromatic carbocycles. The number of fused-ring (bicyclic) bond motifs is 1. The molecule has 22 heavy (non-hydrogen) atoms. The van der Waals surface area contributed by atoms with Crippen LogP contribution in [-0.4, -0.2) is 6.61 Å². The fourth-order valence-corrected chi connectivity index (χ4v) is 2.38. The van der Waals surface area contributed by atoms with Crippen molar-refractivity contribution in [2.24, 2.45) is 0 Å². The Bertz CT molecular complexity index is 703. The van der Waals surface area contributed by atoms with Gasteiger partial charge in [0.1, 0.15) is 17.8 Å². The lowest BCUT2D eigenvalue weighted by atomic mass is 10.1. The molecule has 2 aromatic rings. The van der Waals surface area contributed by atoms with E-state index >= 15 is 0 Å². The van der Waals surface area contributed by atoms with E-state index in [4.69, 9.17) is 9.15 Å². The van der Waals surface area contributed by atoms with Crippen LogP contribution in [0.15, 0.2) is 40.1 Å². The molecule has 118 valence electrons. The van der Waals surface area contributed by atoms with Gasteiger partial charge in [-0.15, -0.1) is 0 Å². The van der Waals surface area contributed by atoms with Crippen LogP contribution in [0.3, 0.4) is 0 Å². The average molecular weight is 304 g/mol. The molecule has 1 aromatic heterocycles. The molecule has 1 heterocycles. The molecule has 0 spiro atoms. The highest BCUT2D eigenvalue weighted by Gasteiger charge is 2.14. The molecule has 0 N–H and O–H groups in total. The third kappa shape index (κ3) is 3.75. The second-order valence-corrected chi connectivity index (χ2v) is 5.25. The predicted octanol–water partition coefficient (Wildman–Crippen LogP) is 4.62. The molecular weight excluding hydrogens is 283 g/mol. The molecule has 0 aliphatic carbocycles. The van der Waals surface area contributed by atoms with Crippen molar-refractivity contribution in [3.8, 4) is 5.75 Å². The van der Waals surface area contributed by atoms with Crippen molar-refractivity contribution in [3.63, 3.8) is 0 Å². The molecule has 0 saturated heterocycles. The first-order chi connectivity index (χ1) is 10.7. The molecule has 0 aliphatic rings. The summed E-state index contributed by atoms with van der Waals surface area (Å²) in [5.41, 5.74) is -0.649. The maximum atomic E-state index is 14.3. The fraction of sp³-hybridized carbons (Fsp3) is 0.389. The van der Waals surface area contributed by atoms with E-state index in [1.54, 1.807) is 12.1 Å². The van der Waals surface area contributed by atoms with E-state index in [9.17, 15) is 9.18 Å². The molecule has 0 radical (unpaired) electrons. The van der Waals surface area contributed by atoms with Gasteiger partial charge in [0.25, 0.3) is 0 Å². The Labute approximate surface area is 129 Å². The summed E-state index contributed by atoms with van der Waals surface area (Å²) in [4.78, 5) is 12.1. The number of rotatable bonds is 8. The van der Waals surface area contributed by atoms with Gasteiger partial charge in [0.05, 0.1) is 0 Å². The number of hydrogen-bond donors (Lipinski definition) is 0. The molecule has 0 saturated carbocycles. The van der Waals surface area contributed by atoms with Gasteiger partial charge in [-0.25, -0.2) is 9.18 Å². The van der Waals surface area contributed by atoms with Crippen LogP contribution in [0.4, 0.5) is 4.39 Å². The highest BCUT2D eigenvalue weighted by atomic mass is 19.1. The third-order valence-corrected chi connectivity index (χ3v) is 3.52. The summed E-state index contributed by atoms with van der Waals surface area (Å²) in [6, 6.07) is 4.95. The van der Waals surface area contributed by atoms with Crippen molar-refractivity contribution in [3.05, 3.63) is 52.9 Å². The Hall–Kier alpha value is -2.10. The molecule has 4 heteroatoms. The molecule has 0 amide bonds. The van der Waals surface area contributed by atoms with Crippen molar-refractivity contribution < 1.29 is 13.5 Å². The minimum atomic E-state index is -0.675. The van der Waals surface area contributed by atoms with Crippen LogP contribution < -0.4 is 10.4 Å². The van der Waals surface area contributed by atoms with Crippen LogP contribution in [0.25, 0.3) is 10.8 Å². The van der Waals surface area contributed by atoms with Gasteiger partial charge in [0.2, 0.25) is 0 Å². The van der Waals surface area contributed by atoms with E-state index in [2.05, 4.69) is 13.5 Å². The van der Waals surface area contributed by atoms with Crippen LogP contribution in [0.2, 0.25) is 0 Å².